The number of rotatable bonds is 4. The number of amidine groups is 1. The lowest BCUT2D eigenvalue weighted by Crippen LogP contribution is -2.46. The Morgan fingerprint density at radius 1 is 1.09 bits per heavy atom. The highest BCUT2D eigenvalue weighted by atomic mass is 19.2. The van der Waals surface area contributed by atoms with Gasteiger partial charge in [0, 0.05) is 12.1 Å². The van der Waals surface area contributed by atoms with Crippen LogP contribution in [0.5, 0.6) is 5.75 Å². The maximum atomic E-state index is 14.1. The van der Waals surface area contributed by atoms with E-state index >= 15 is 0 Å². The molecule has 1 amide bonds. The minimum atomic E-state index is -1.75. The van der Waals surface area contributed by atoms with Crippen molar-refractivity contribution < 1.29 is 41.9 Å². The van der Waals surface area contributed by atoms with Gasteiger partial charge in [-0.3, -0.25) is 10.1 Å². The smallest absolute Gasteiger partial charge is 0.424 e. The second kappa shape index (κ2) is 9.60. The van der Waals surface area contributed by atoms with E-state index in [1.807, 2.05) is 0 Å². The number of carbonyl (C=O) groups is 2. The van der Waals surface area contributed by atoms with Crippen molar-refractivity contribution in [3.63, 3.8) is 0 Å². The average molecular weight is 479 g/mol. The lowest BCUT2D eigenvalue weighted by atomic mass is 9.94. The van der Waals surface area contributed by atoms with Gasteiger partial charge in [0.1, 0.15) is 11.8 Å². The van der Waals surface area contributed by atoms with Gasteiger partial charge in [-0.2, -0.15) is 0 Å². The van der Waals surface area contributed by atoms with Crippen LogP contribution in [-0.4, -0.2) is 42.1 Å². The zero-order valence-corrected chi connectivity index (χ0v) is 17.9. The number of carbonyl (C=O) groups excluding carboxylic acids is 2. The molecule has 178 valence electrons. The lowest BCUT2D eigenvalue weighted by molar-refractivity contribution is -0.384. The van der Waals surface area contributed by atoms with Gasteiger partial charge in [-0.1, -0.05) is 0 Å². The number of hydrogen-bond acceptors (Lipinski definition) is 8. The molecule has 0 bridgehead atoms. The molecule has 1 unspecified atom stereocenters. The van der Waals surface area contributed by atoms with E-state index in [2.05, 4.69) is 4.99 Å². The second-order valence-electron chi connectivity index (χ2n) is 6.78. The summed E-state index contributed by atoms with van der Waals surface area (Å²) < 4.78 is 56.8. The van der Waals surface area contributed by atoms with Crippen molar-refractivity contribution in [2.75, 3.05) is 14.2 Å². The van der Waals surface area contributed by atoms with E-state index in [0.29, 0.717) is 17.0 Å². The Bertz CT molecular complexity index is 1210. The third-order valence-corrected chi connectivity index (χ3v) is 4.75. The summed E-state index contributed by atoms with van der Waals surface area (Å²) in [6.45, 7) is 1.37. The topological polar surface area (TPSA) is 121 Å². The van der Waals surface area contributed by atoms with Crippen molar-refractivity contribution in [3.8, 4) is 5.75 Å². The van der Waals surface area contributed by atoms with Crippen LogP contribution in [0.2, 0.25) is 0 Å². The Labute approximate surface area is 190 Å². The summed E-state index contributed by atoms with van der Waals surface area (Å²) in [4.78, 5) is 40.5. The number of esters is 1. The molecule has 0 spiro atoms. The quantitative estimate of drug-likeness (QED) is 0.281. The van der Waals surface area contributed by atoms with Crippen molar-refractivity contribution >= 4 is 23.8 Å². The molecule has 2 aromatic carbocycles. The van der Waals surface area contributed by atoms with Gasteiger partial charge in [-0.05, 0) is 36.8 Å². The number of nitro benzene ring substituents is 1. The number of hydrogen-bond donors (Lipinski definition) is 0. The first kappa shape index (κ1) is 24.2. The van der Waals surface area contributed by atoms with Crippen molar-refractivity contribution in [1.29, 1.82) is 0 Å². The Kier molecular flexibility index (Phi) is 6.84. The van der Waals surface area contributed by atoms with Crippen molar-refractivity contribution in [3.05, 3.63) is 80.8 Å². The predicted octanol–water partition coefficient (Wildman–Crippen LogP) is 4.02. The minimum absolute atomic E-state index is 0.00164. The van der Waals surface area contributed by atoms with Crippen molar-refractivity contribution in [1.82, 2.24) is 4.90 Å². The van der Waals surface area contributed by atoms with Gasteiger partial charge >= 0.3 is 18.1 Å². The van der Waals surface area contributed by atoms with Crippen LogP contribution in [0.15, 0.2) is 52.7 Å². The fourth-order valence-corrected chi connectivity index (χ4v) is 3.23. The molecule has 34 heavy (non-hydrogen) atoms. The van der Waals surface area contributed by atoms with E-state index in [0.717, 1.165) is 38.5 Å². The number of aliphatic imine (C=N–C) groups is 1. The third kappa shape index (κ3) is 4.53. The minimum Gasteiger partial charge on any atom is -0.468 e. The number of nitro groups is 1. The van der Waals surface area contributed by atoms with Crippen LogP contribution < -0.4 is 4.74 Å². The first-order chi connectivity index (χ1) is 16.1. The first-order valence-corrected chi connectivity index (χ1v) is 9.40. The highest BCUT2D eigenvalue weighted by Gasteiger charge is 2.42. The molecule has 3 rings (SSSR count). The van der Waals surface area contributed by atoms with Crippen LogP contribution in [0.3, 0.4) is 0 Å². The molecule has 1 aliphatic rings. The monoisotopic (exact) mass is 479 g/mol. The number of non-ortho nitro benzene ring substituents is 1. The zero-order valence-electron chi connectivity index (χ0n) is 17.9. The van der Waals surface area contributed by atoms with Gasteiger partial charge in [0.25, 0.3) is 5.69 Å². The summed E-state index contributed by atoms with van der Waals surface area (Å²) in [5.41, 5.74) is -0.910. The molecule has 0 N–H and O–H groups in total. The molecule has 13 heteroatoms. The second-order valence-corrected chi connectivity index (χ2v) is 6.78. The maximum Gasteiger partial charge on any atom is 0.424 e. The molecule has 0 radical (unpaired) electrons. The zero-order chi connectivity index (χ0) is 25.2. The number of halogens is 3. The number of ether oxygens (including phenoxy) is 3. The fourth-order valence-electron chi connectivity index (χ4n) is 3.23. The summed E-state index contributed by atoms with van der Waals surface area (Å²) in [6.07, 6.45) is -1.22. The Morgan fingerprint density at radius 3 is 2.18 bits per heavy atom. The molecule has 0 saturated carbocycles. The van der Waals surface area contributed by atoms with Gasteiger partial charge < -0.3 is 14.2 Å². The van der Waals surface area contributed by atoms with Gasteiger partial charge in [-0.15, -0.1) is 0 Å². The van der Waals surface area contributed by atoms with E-state index in [9.17, 15) is 32.9 Å². The molecular weight excluding hydrogens is 463 g/mol. The molecule has 1 atom stereocenters. The number of methoxy groups -OCH3 is 2. The highest BCUT2D eigenvalue weighted by Crippen LogP contribution is 2.37. The van der Waals surface area contributed by atoms with Crippen molar-refractivity contribution in [2.45, 2.75) is 13.0 Å². The standard InChI is InChI=1S/C21H16F3N3O7/c1-10-16(19(28)32-2)18(11-8-14(22)17(24)15(23)9-11)26(20(25-10)33-3)21(29)34-13-6-4-12(5-7-13)27(30)31/h4-9,18H,1-3H3. The fraction of sp³-hybridized carbons (Fsp3) is 0.190. The molecule has 1 heterocycles. The van der Waals surface area contributed by atoms with Crippen LogP contribution in [0, 0.1) is 27.6 Å². The van der Waals surface area contributed by atoms with Crippen molar-refractivity contribution in [2.24, 2.45) is 4.99 Å². The Balaban J connectivity index is 2.13. The number of benzene rings is 2. The van der Waals surface area contributed by atoms with E-state index < -0.39 is 46.5 Å². The summed E-state index contributed by atoms with van der Waals surface area (Å²) in [6, 6.07) is 3.64. The summed E-state index contributed by atoms with van der Waals surface area (Å²) >= 11 is 0. The molecular formula is C21H16F3N3O7. The number of amides is 1. The molecule has 0 fully saturated rings. The molecule has 2 aromatic rings. The Hall–Kier alpha value is -4.42. The van der Waals surface area contributed by atoms with Gasteiger partial charge in [0.05, 0.1) is 30.4 Å². The van der Waals surface area contributed by atoms with E-state index in [-0.39, 0.29) is 28.3 Å². The van der Waals surface area contributed by atoms with E-state index in [4.69, 9.17) is 14.2 Å². The summed E-state index contributed by atoms with van der Waals surface area (Å²) in [5, 5.41) is 10.8. The SMILES string of the molecule is COC(=O)C1=C(C)N=C(OC)N(C(=O)Oc2ccc([N+](=O)[O-])cc2)C1c1cc(F)c(F)c(F)c1. The average Bonchev–Trinajstić information content (AvgIpc) is 2.81. The van der Waals surface area contributed by atoms with Gasteiger partial charge in [0.2, 0.25) is 0 Å². The highest BCUT2D eigenvalue weighted by molar-refractivity contribution is 5.99. The largest absolute Gasteiger partial charge is 0.468 e. The summed E-state index contributed by atoms with van der Waals surface area (Å²) in [7, 11) is 2.19. The van der Waals surface area contributed by atoms with E-state index in [1.54, 1.807) is 0 Å². The third-order valence-electron chi connectivity index (χ3n) is 4.75. The molecule has 0 aliphatic carbocycles. The molecule has 0 saturated heterocycles. The molecule has 10 nitrogen and oxygen atoms in total. The normalized spacial score (nSPS) is 15.5. The first-order valence-electron chi connectivity index (χ1n) is 9.40. The van der Waals surface area contributed by atoms with Crippen LogP contribution in [0.25, 0.3) is 0 Å². The van der Waals surface area contributed by atoms with Crippen LogP contribution in [-0.2, 0) is 14.3 Å². The lowest BCUT2D eigenvalue weighted by Gasteiger charge is -2.34. The number of nitrogens with zero attached hydrogens (tertiary/aromatic N) is 3. The van der Waals surface area contributed by atoms with E-state index in [1.165, 1.54) is 6.92 Å². The summed E-state index contributed by atoms with van der Waals surface area (Å²) in [5.74, 6) is -6.00. The Morgan fingerprint density at radius 2 is 1.68 bits per heavy atom. The van der Waals surface area contributed by atoms with Crippen LogP contribution >= 0.6 is 0 Å². The van der Waals surface area contributed by atoms with Crippen LogP contribution in [0.1, 0.15) is 18.5 Å². The maximum absolute atomic E-state index is 14.1. The van der Waals surface area contributed by atoms with Crippen LogP contribution in [0.4, 0.5) is 23.7 Å². The number of allylic oxidation sites excluding steroid dienone is 1. The molecule has 1 aliphatic heterocycles. The van der Waals surface area contributed by atoms with Gasteiger partial charge in [-0.25, -0.2) is 32.7 Å². The molecule has 0 aromatic heterocycles. The van der Waals surface area contributed by atoms with Gasteiger partial charge in [0.15, 0.2) is 17.5 Å². The predicted molar refractivity (Wildman–Crippen MR) is 109 cm³/mol.